The highest BCUT2D eigenvalue weighted by molar-refractivity contribution is 6.09. The molecule has 0 amide bonds. The van der Waals surface area contributed by atoms with E-state index in [1.165, 1.54) is 0 Å². The molecule has 1 aliphatic heterocycles. The van der Waals surface area contributed by atoms with Crippen molar-refractivity contribution in [1.82, 2.24) is 20.3 Å². The van der Waals surface area contributed by atoms with E-state index in [9.17, 15) is 13.2 Å². The van der Waals surface area contributed by atoms with E-state index >= 15 is 0 Å². The van der Waals surface area contributed by atoms with Crippen molar-refractivity contribution in [1.29, 1.82) is 0 Å². The van der Waals surface area contributed by atoms with E-state index in [4.69, 9.17) is 0 Å². The summed E-state index contributed by atoms with van der Waals surface area (Å²) in [5.41, 5.74) is 2.64. The Morgan fingerprint density at radius 1 is 1.33 bits per heavy atom. The third-order valence-electron chi connectivity index (χ3n) is 4.85. The first-order valence-corrected chi connectivity index (χ1v) is 8.87. The summed E-state index contributed by atoms with van der Waals surface area (Å²) >= 11 is 0. The summed E-state index contributed by atoms with van der Waals surface area (Å²) in [5.74, 6) is 0. The van der Waals surface area contributed by atoms with Gasteiger partial charge in [0.15, 0.2) is 0 Å². The number of allylic oxidation sites excluding steroid dienone is 1. The van der Waals surface area contributed by atoms with Gasteiger partial charge in [0.1, 0.15) is 5.65 Å². The molecule has 8 heteroatoms. The molecule has 3 aromatic heterocycles. The lowest BCUT2D eigenvalue weighted by atomic mass is 10.0. The van der Waals surface area contributed by atoms with Gasteiger partial charge in [-0.25, -0.2) is 4.98 Å². The van der Waals surface area contributed by atoms with Gasteiger partial charge in [-0.1, -0.05) is 6.58 Å². The standard InChI is InChI=1S/C19H20F3N5/c1-12(9-19(20,21)22)26-13-3-2-8-27(11-13)16-5-7-23-15-10-25-18-14(17(15)16)4-6-24-18/h4-7,10,13,26H,1-3,8-9,11H2,(H,24,25). The van der Waals surface area contributed by atoms with Crippen molar-refractivity contribution in [3.05, 3.63) is 43.0 Å². The number of alkyl halides is 3. The first-order chi connectivity index (χ1) is 12.9. The molecule has 1 saturated heterocycles. The van der Waals surface area contributed by atoms with Gasteiger partial charge in [0.2, 0.25) is 0 Å². The summed E-state index contributed by atoms with van der Waals surface area (Å²) in [6, 6.07) is 3.86. The molecule has 0 aromatic carbocycles. The minimum absolute atomic E-state index is 0.0196. The zero-order valence-corrected chi connectivity index (χ0v) is 14.7. The average Bonchev–Trinajstić information content (AvgIpc) is 3.08. The molecule has 4 heterocycles. The number of anilines is 1. The van der Waals surface area contributed by atoms with Crippen LogP contribution in [0.1, 0.15) is 19.3 Å². The van der Waals surface area contributed by atoms with Crippen LogP contribution in [0.25, 0.3) is 21.9 Å². The summed E-state index contributed by atoms with van der Waals surface area (Å²) in [6.07, 6.45) is 1.79. The summed E-state index contributed by atoms with van der Waals surface area (Å²) in [5, 5.41) is 4.97. The van der Waals surface area contributed by atoms with Gasteiger partial charge in [-0.3, -0.25) is 4.98 Å². The van der Waals surface area contributed by atoms with Crippen molar-refractivity contribution in [3.8, 4) is 0 Å². The zero-order chi connectivity index (χ0) is 19.0. The Kier molecular flexibility index (Phi) is 4.41. The molecular weight excluding hydrogens is 355 g/mol. The Bertz CT molecular complexity index is 978. The second kappa shape index (κ2) is 6.75. The Labute approximate surface area is 154 Å². The van der Waals surface area contributed by atoms with Crippen LogP contribution in [0.4, 0.5) is 18.9 Å². The minimum atomic E-state index is -4.24. The van der Waals surface area contributed by atoms with Crippen LogP contribution in [0.2, 0.25) is 0 Å². The molecule has 1 fully saturated rings. The molecule has 1 aliphatic rings. The molecule has 1 atom stereocenters. The fourth-order valence-electron chi connectivity index (χ4n) is 3.79. The number of hydrogen-bond donors (Lipinski definition) is 2. The van der Waals surface area contributed by atoms with E-state index in [0.717, 1.165) is 47.0 Å². The third-order valence-corrected chi connectivity index (χ3v) is 4.85. The number of aromatic nitrogens is 3. The maximum absolute atomic E-state index is 12.6. The quantitative estimate of drug-likeness (QED) is 0.720. The van der Waals surface area contributed by atoms with Gasteiger partial charge in [-0.15, -0.1) is 0 Å². The van der Waals surface area contributed by atoms with Crippen molar-refractivity contribution in [2.75, 3.05) is 18.0 Å². The van der Waals surface area contributed by atoms with Crippen molar-refractivity contribution < 1.29 is 13.2 Å². The van der Waals surface area contributed by atoms with Crippen molar-refractivity contribution >= 4 is 27.6 Å². The number of halogens is 3. The van der Waals surface area contributed by atoms with E-state index in [2.05, 4.69) is 31.7 Å². The number of piperidine rings is 1. The van der Waals surface area contributed by atoms with Crippen LogP contribution in [0.5, 0.6) is 0 Å². The normalized spacial score (nSPS) is 18.2. The second-order valence-corrected chi connectivity index (χ2v) is 6.91. The largest absolute Gasteiger partial charge is 0.394 e. The smallest absolute Gasteiger partial charge is 0.384 e. The number of hydrogen-bond acceptors (Lipinski definition) is 4. The van der Waals surface area contributed by atoms with Crippen molar-refractivity contribution in [3.63, 3.8) is 0 Å². The fourth-order valence-corrected chi connectivity index (χ4v) is 3.79. The summed E-state index contributed by atoms with van der Waals surface area (Å²) < 4.78 is 37.7. The van der Waals surface area contributed by atoms with Crippen LogP contribution >= 0.6 is 0 Å². The SMILES string of the molecule is C=C(CC(F)(F)F)NC1CCCN(c2ccnc3cnc4[nH]ccc4c23)C1. The lowest BCUT2D eigenvalue weighted by molar-refractivity contribution is -0.128. The molecule has 3 aromatic rings. The molecule has 4 rings (SSSR count). The van der Waals surface area contributed by atoms with Gasteiger partial charge < -0.3 is 15.2 Å². The predicted molar refractivity (Wildman–Crippen MR) is 99.6 cm³/mol. The van der Waals surface area contributed by atoms with Crippen molar-refractivity contribution in [2.45, 2.75) is 31.5 Å². The molecule has 0 spiro atoms. The lowest BCUT2D eigenvalue weighted by Gasteiger charge is -2.36. The highest BCUT2D eigenvalue weighted by Crippen LogP contribution is 2.33. The summed E-state index contributed by atoms with van der Waals surface area (Å²) in [7, 11) is 0. The summed E-state index contributed by atoms with van der Waals surface area (Å²) in [4.78, 5) is 14.1. The van der Waals surface area contributed by atoms with E-state index in [1.54, 1.807) is 12.4 Å². The number of pyridine rings is 2. The van der Waals surface area contributed by atoms with Crippen LogP contribution < -0.4 is 10.2 Å². The molecule has 0 radical (unpaired) electrons. The molecule has 1 unspecified atom stereocenters. The third kappa shape index (κ3) is 3.70. The van der Waals surface area contributed by atoms with Gasteiger partial charge in [0, 0.05) is 53.7 Å². The molecule has 142 valence electrons. The van der Waals surface area contributed by atoms with Gasteiger partial charge >= 0.3 is 6.18 Å². The van der Waals surface area contributed by atoms with Crippen LogP contribution in [-0.4, -0.2) is 40.3 Å². The molecule has 2 N–H and O–H groups in total. The highest BCUT2D eigenvalue weighted by atomic mass is 19.4. The maximum atomic E-state index is 12.6. The summed E-state index contributed by atoms with van der Waals surface area (Å²) in [6.45, 7) is 5.00. The lowest BCUT2D eigenvalue weighted by Crippen LogP contribution is -2.45. The molecule has 5 nitrogen and oxygen atoms in total. The molecule has 27 heavy (non-hydrogen) atoms. The second-order valence-electron chi connectivity index (χ2n) is 6.91. The van der Waals surface area contributed by atoms with Crippen molar-refractivity contribution in [2.24, 2.45) is 0 Å². The topological polar surface area (TPSA) is 56.8 Å². The Morgan fingerprint density at radius 3 is 3.00 bits per heavy atom. The van der Waals surface area contributed by atoms with Gasteiger partial charge in [0.05, 0.1) is 18.1 Å². The minimum Gasteiger partial charge on any atom is -0.384 e. The van der Waals surface area contributed by atoms with Gasteiger partial charge in [0.25, 0.3) is 0 Å². The predicted octanol–water partition coefficient (Wildman–Crippen LogP) is 4.14. The monoisotopic (exact) mass is 375 g/mol. The van der Waals surface area contributed by atoms with Crippen LogP contribution in [-0.2, 0) is 0 Å². The fraction of sp³-hybridized carbons (Fsp3) is 0.368. The molecular formula is C19H20F3N5. The average molecular weight is 375 g/mol. The number of aromatic amines is 1. The zero-order valence-electron chi connectivity index (χ0n) is 14.7. The van der Waals surface area contributed by atoms with Gasteiger partial charge in [-0.2, -0.15) is 13.2 Å². The molecule has 0 saturated carbocycles. The van der Waals surface area contributed by atoms with E-state index in [1.807, 2.05) is 18.3 Å². The highest BCUT2D eigenvalue weighted by Gasteiger charge is 2.30. The van der Waals surface area contributed by atoms with E-state index in [-0.39, 0.29) is 11.7 Å². The number of H-pyrrole nitrogens is 1. The maximum Gasteiger partial charge on any atom is 0.394 e. The first kappa shape index (κ1) is 17.6. The van der Waals surface area contributed by atoms with E-state index in [0.29, 0.717) is 6.54 Å². The molecule has 0 bridgehead atoms. The first-order valence-electron chi connectivity index (χ1n) is 8.87. The van der Waals surface area contributed by atoms with Crippen LogP contribution in [0.3, 0.4) is 0 Å². The number of nitrogens with zero attached hydrogens (tertiary/aromatic N) is 3. The van der Waals surface area contributed by atoms with E-state index < -0.39 is 12.6 Å². The number of fused-ring (bicyclic) bond motifs is 3. The van der Waals surface area contributed by atoms with Crippen LogP contribution in [0, 0.1) is 0 Å². The molecule has 0 aliphatic carbocycles. The number of nitrogens with one attached hydrogen (secondary N) is 2. The Balaban J connectivity index is 1.60. The Hall–Kier alpha value is -2.77. The Morgan fingerprint density at radius 2 is 2.19 bits per heavy atom. The number of rotatable bonds is 4. The van der Waals surface area contributed by atoms with Gasteiger partial charge in [-0.05, 0) is 25.0 Å². The van der Waals surface area contributed by atoms with Crippen LogP contribution in [0.15, 0.2) is 43.0 Å².